The summed E-state index contributed by atoms with van der Waals surface area (Å²) < 4.78 is -0.00259. The maximum absolute atomic E-state index is 12.0. The molecular weight excluding hydrogens is 260 g/mol. The maximum Gasteiger partial charge on any atom is 0.252 e. The molecule has 0 fully saturated rings. The number of aliphatic hydroxyl groups is 1. The number of thioether (sulfide) groups is 1. The highest BCUT2D eigenvalue weighted by molar-refractivity contribution is 7.99. The fourth-order valence-electron chi connectivity index (χ4n) is 1.24. The van der Waals surface area contributed by atoms with Crippen molar-refractivity contribution in [3.05, 3.63) is 29.6 Å². The summed E-state index contributed by atoms with van der Waals surface area (Å²) in [5.41, 5.74) is 1.09. The van der Waals surface area contributed by atoms with Gasteiger partial charge in [0.15, 0.2) is 0 Å². The Labute approximate surface area is 118 Å². The lowest BCUT2D eigenvalue weighted by Crippen LogP contribution is -2.36. The van der Waals surface area contributed by atoms with E-state index in [0.29, 0.717) is 17.7 Å². The molecule has 0 bridgehead atoms. The van der Waals surface area contributed by atoms with Crippen molar-refractivity contribution in [3.8, 4) is 11.8 Å². The van der Waals surface area contributed by atoms with Gasteiger partial charge in [-0.1, -0.05) is 11.8 Å². The molecule has 0 aliphatic carbocycles. The van der Waals surface area contributed by atoms with Crippen LogP contribution >= 0.6 is 11.8 Å². The van der Waals surface area contributed by atoms with Gasteiger partial charge in [-0.15, -0.1) is 0 Å². The average Bonchev–Trinajstić information content (AvgIpc) is 2.43. The standard InChI is InChI=1S/C14H18N2O2S/c1-14(2,19-3)10-16-13(18)12-7-11(5-4-6-17)8-15-9-12/h7-9,17H,6,10H2,1-3H3,(H,16,18). The van der Waals surface area contributed by atoms with Gasteiger partial charge in [-0.05, 0) is 26.2 Å². The zero-order chi connectivity index (χ0) is 14.3. The highest BCUT2D eigenvalue weighted by Gasteiger charge is 2.17. The average molecular weight is 278 g/mol. The first-order chi connectivity index (χ1) is 8.98. The van der Waals surface area contributed by atoms with Crippen molar-refractivity contribution < 1.29 is 9.90 Å². The molecule has 1 amide bonds. The monoisotopic (exact) mass is 278 g/mol. The molecule has 0 spiro atoms. The van der Waals surface area contributed by atoms with Crippen molar-refractivity contribution in [2.24, 2.45) is 0 Å². The van der Waals surface area contributed by atoms with Crippen molar-refractivity contribution in [3.63, 3.8) is 0 Å². The van der Waals surface area contributed by atoms with E-state index in [1.165, 1.54) is 6.20 Å². The first-order valence-electron chi connectivity index (χ1n) is 5.86. The van der Waals surface area contributed by atoms with Crippen LogP contribution in [0.1, 0.15) is 29.8 Å². The Kier molecular flexibility index (Phi) is 5.87. The second-order valence-electron chi connectivity index (χ2n) is 4.57. The molecule has 5 heteroatoms. The van der Waals surface area contributed by atoms with Crippen LogP contribution in [0, 0.1) is 11.8 Å². The van der Waals surface area contributed by atoms with Crippen LogP contribution in [0.5, 0.6) is 0 Å². The molecule has 1 aromatic rings. The van der Waals surface area contributed by atoms with Gasteiger partial charge in [0.25, 0.3) is 5.91 Å². The smallest absolute Gasteiger partial charge is 0.252 e. The van der Waals surface area contributed by atoms with Gasteiger partial charge in [-0.25, -0.2) is 0 Å². The lowest BCUT2D eigenvalue weighted by atomic mass is 10.1. The minimum absolute atomic E-state index is 0.00259. The van der Waals surface area contributed by atoms with E-state index in [-0.39, 0.29) is 17.3 Å². The number of carbonyl (C=O) groups excluding carboxylic acids is 1. The first kappa shape index (κ1) is 15.5. The quantitative estimate of drug-likeness (QED) is 0.815. The highest BCUT2D eigenvalue weighted by atomic mass is 32.2. The van der Waals surface area contributed by atoms with Gasteiger partial charge in [0.1, 0.15) is 6.61 Å². The molecule has 0 aliphatic heterocycles. The fraction of sp³-hybridized carbons (Fsp3) is 0.429. The van der Waals surface area contributed by atoms with Crippen molar-refractivity contribution in [2.75, 3.05) is 19.4 Å². The number of hydrogen-bond acceptors (Lipinski definition) is 4. The van der Waals surface area contributed by atoms with Crippen molar-refractivity contribution in [1.82, 2.24) is 10.3 Å². The van der Waals surface area contributed by atoms with E-state index in [4.69, 9.17) is 5.11 Å². The van der Waals surface area contributed by atoms with Gasteiger partial charge in [-0.2, -0.15) is 11.8 Å². The van der Waals surface area contributed by atoms with Crippen molar-refractivity contribution in [1.29, 1.82) is 0 Å². The summed E-state index contributed by atoms with van der Waals surface area (Å²) in [6, 6.07) is 1.66. The predicted octanol–water partition coefficient (Wildman–Crippen LogP) is 1.30. The van der Waals surface area contributed by atoms with E-state index in [1.807, 2.05) is 6.26 Å². The molecule has 102 valence electrons. The molecule has 0 saturated carbocycles. The lowest BCUT2D eigenvalue weighted by Gasteiger charge is -2.22. The Morgan fingerprint density at radius 3 is 2.89 bits per heavy atom. The normalized spacial score (nSPS) is 10.5. The third-order valence-corrected chi connectivity index (χ3v) is 3.79. The molecule has 0 unspecified atom stereocenters. The third-order valence-electron chi connectivity index (χ3n) is 2.54. The van der Waals surface area contributed by atoms with E-state index in [0.717, 1.165) is 0 Å². The summed E-state index contributed by atoms with van der Waals surface area (Å²) in [7, 11) is 0. The minimum atomic E-state index is -0.210. The summed E-state index contributed by atoms with van der Waals surface area (Å²) in [6.45, 7) is 4.51. The van der Waals surface area contributed by atoms with E-state index in [2.05, 4.69) is 36.0 Å². The minimum Gasteiger partial charge on any atom is -0.384 e. The Balaban J connectivity index is 2.72. The Hall–Kier alpha value is -1.51. The zero-order valence-corrected chi connectivity index (χ0v) is 12.2. The number of nitrogens with one attached hydrogen (secondary N) is 1. The summed E-state index contributed by atoms with van der Waals surface area (Å²) in [5, 5.41) is 11.5. The van der Waals surface area contributed by atoms with Gasteiger partial charge >= 0.3 is 0 Å². The SMILES string of the molecule is CSC(C)(C)CNC(=O)c1cncc(C#CCO)c1. The number of nitrogens with zero attached hydrogens (tertiary/aromatic N) is 1. The van der Waals surface area contributed by atoms with E-state index in [1.54, 1.807) is 24.0 Å². The molecule has 0 atom stereocenters. The number of amides is 1. The molecule has 0 saturated heterocycles. The van der Waals surface area contributed by atoms with Gasteiger partial charge in [-0.3, -0.25) is 9.78 Å². The number of rotatable bonds is 4. The second-order valence-corrected chi connectivity index (χ2v) is 6.08. The molecule has 2 N–H and O–H groups in total. The lowest BCUT2D eigenvalue weighted by molar-refractivity contribution is 0.0950. The molecule has 0 radical (unpaired) electrons. The van der Waals surface area contributed by atoms with Crippen LogP contribution in [-0.2, 0) is 0 Å². The molecular formula is C14H18N2O2S. The zero-order valence-electron chi connectivity index (χ0n) is 11.4. The number of aromatic nitrogens is 1. The number of pyridine rings is 1. The largest absolute Gasteiger partial charge is 0.384 e. The van der Waals surface area contributed by atoms with Crippen LogP contribution in [0.2, 0.25) is 0 Å². The summed E-state index contributed by atoms with van der Waals surface area (Å²) in [6.07, 6.45) is 5.08. The second kappa shape index (κ2) is 7.17. The van der Waals surface area contributed by atoms with Crippen molar-refractivity contribution in [2.45, 2.75) is 18.6 Å². The third kappa shape index (κ3) is 5.33. The Bertz CT molecular complexity index is 504. The summed E-state index contributed by atoms with van der Waals surface area (Å²) in [4.78, 5) is 15.9. The molecule has 0 aliphatic rings. The van der Waals surface area contributed by atoms with Crippen LogP contribution in [0.15, 0.2) is 18.5 Å². The number of aliphatic hydroxyl groups excluding tert-OH is 1. The summed E-state index contributed by atoms with van der Waals surface area (Å²) >= 11 is 1.70. The molecule has 1 rings (SSSR count). The van der Waals surface area contributed by atoms with Crippen LogP contribution in [0.3, 0.4) is 0 Å². The number of hydrogen-bond donors (Lipinski definition) is 2. The van der Waals surface area contributed by atoms with Gasteiger partial charge < -0.3 is 10.4 Å². The predicted molar refractivity (Wildman–Crippen MR) is 78.1 cm³/mol. The molecule has 4 nitrogen and oxygen atoms in total. The molecule has 0 aromatic carbocycles. The van der Waals surface area contributed by atoms with Gasteiger partial charge in [0, 0.05) is 29.2 Å². The topological polar surface area (TPSA) is 62.2 Å². The van der Waals surface area contributed by atoms with E-state index in [9.17, 15) is 4.79 Å². The maximum atomic E-state index is 12.0. The van der Waals surface area contributed by atoms with Crippen LogP contribution in [-0.4, -0.2) is 40.2 Å². The summed E-state index contributed by atoms with van der Waals surface area (Å²) in [5.74, 6) is 5.09. The van der Waals surface area contributed by atoms with Crippen LogP contribution in [0.25, 0.3) is 0 Å². The van der Waals surface area contributed by atoms with Gasteiger partial charge in [0.05, 0.1) is 5.56 Å². The van der Waals surface area contributed by atoms with Gasteiger partial charge in [0.2, 0.25) is 0 Å². The highest BCUT2D eigenvalue weighted by Crippen LogP contribution is 2.19. The van der Waals surface area contributed by atoms with Crippen LogP contribution in [0.4, 0.5) is 0 Å². The van der Waals surface area contributed by atoms with Crippen LogP contribution < -0.4 is 5.32 Å². The number of carbonyl (C=O) groups is 1. The van der Waals surface area contributed by atoms with Crippen molar-refractivity contribution >= 4 is 17.7 Å². The fourth-order valence-corrected chi connectivity index (χ4v) is 1.46. The Morgan fingerprint density at radius 2 is 2.26 bits per heavy atom. The molecule has 1 aromatic heterocycles. The molecule has 19 heavy (non-hydrogen) atoms. The Morgan fingerprint density at radius 1 is 1.53 bits per heavy atom. The first-order valence-corrected chi connectivity index (χ1v) is 7.09. The molecule has 1 heterocycles. The van der Waals surface area contributed by atoms with E-state index >= 15 is 0 Å². The van der Waals surface area contributed by atoms with E-state index < -0.39 is 0 Å².